The summed E-state index contributed by atoms with van der Waals surface area (Å²) in [5, 5.41) is 4.57. The summed E-state index contributed by atoms with van der Waals surface area (Å²) in [6.45, 7) is 4.39. The molecule has 4 rings (SSSR count). The van der Waals surface area contributed by atoms with Gasteiger partial charge in [0.05, 0.1) is 12.3 Å². The summed E-state index contributed by atoms with van der Waals surface area (Å²) in [4.78, 5) is 27.4. The van der Waals surface area contributed by atoms with Crippen LogP contribution in [0.2, 0.25) is 0 Å². The van der Waals surface area contributed by atoms with E-state index < -0.39 is 0 Å². The monoisotopic (exact) mass is 408 g/mol. The number of carbonyl (C=O) groups excluding carboxylic acids is 1. The van der Waals surface area contributed by atoms with Crippen molar-refractivity contribution in [2.45, 2.75) is 45.6 Å². The summed E-state index contributed by atoms with van der Waals surface area (Å²) in [5.41, 5.74) is 1.76. The van der Waals surface area contributed by atoms with Gasteiger partial charge in [-0.1, -0.05) is 25.5 Å². The van der Waals surface area contributed by atoms with Crippen LogP contribution in [0.25, 0.3) is 16.8 Å². The molecule has 1 aromatic carbocycles. The number of piperidine rings is 1. The first-order valence-electron chi connectivity index (χ1n) is 10.8. The predicted octanol–water partition coefficient (Wildman–Crippen LogP) is 3.35. The number of rotatable bonds is 7. The maximum absolute atomic E-state index is 13.0. The Labute approximate surface area is 175 Å². The summed E-state index contributed by atoms with van der Waals surface area (Å²) in [6.07, 6.45) is 8.64. The van der Waals surface area contributed by atoms with Gasteiger partial charge in [0.15, 0.2) is 0 Å². The van der Waals surface area contributed by atoms with E-state index in [-0.39, 0.29) is 18.0 Å². The topological polar surface area (TPSA) is 68.8 Å². The van der Waals surface area contributed by atoms with Crippen LogP contribution in [0.15, 0.2) is 47.5 Å². The summed E-state index contributed by atoms with van der Waals surface area (Å²) >= 11 is 0. The minimum atomic E-state index is -0.217. The van der Waals surface area contributed by atoms with Crippen LogP contribution in [-0.4, -0.2) is 44.7 Å². The van der Waals surface area contributed by atoms with Crippen molar-refractivity contribution < 1.29 is 9.53 Å². The summed E-state index contributed by atoms with van der Waals surface area (Å²) in [5.74, 6) is 0.755. The van der Waals surface area contributed by atoms with Gasteiger partial charge < -0.3 is 14.2 Å². The van der Waals surface area contributed by atoms with Gasteiger partial charge in [-0.25, -0.2) is 4.52 Å². The molecule has 1 saturated heterocycles. The quantitative estimate of drug-likeness (QED) is 0.562. The van der Waals surface area contributed by atoms with Crippen molar-refractivity contribution in [2.24, 2.45) is 0 Å². The van der Waals surface area contributed by atoms with E-state index in [1.165, 1.54) is 4.57 Å². The minimum Gasteiger partial charge on any atom is -0.493 e. The highest BCUT2D eigenvalue weighted by atomic mass is 16.5. The molecule has 0 bridgehead atoms. The lowest BCUT2D eigenvalue weighted by atomic mass is 10.1. The maximum atomic E-state index is 13.0. The molecule has 0 radical (unpaired) electrons. The molecule has 1 fully saturated rings. The number of hydrogen-bond acceptors (Lipinski definition) is 4. The van der Waals surface area contributed by atoms with E-state index in [0.29, 0.717) is 17.8 Å². The molecule has 1 aliphatic heterocycles. The van der Waals surface area contributed by atoms with Gasteiger partial charge in [-0.3, -0.25) is 9.59 Å². The van der Waals surface area contributed by atoms with Gasteiger partial charge in [-0.15, -0.1) is 0 Å². The number of aromatic nitrogens is 3. The molecule has 7 nitrogen and oxygen atoms in total. The summed E-state index contributed by atoms with van der Waals surface area (Å²) in [7, 11) is 0. The van der Waals surface area contributed by atoms with Crippen LogP contribution in [0, 0.1) is 0 Å². The molecule has 0 unspecified atom stereocenters. The van der Waals surface area contributed by atoms with Crippen molar-refractivity contribution in [3.8, 4) is 17.0 Å². The Hall–Kier alpha value is -3.09. The van der Waals surface area contributed by atoms with Crippen LogP contribution in [0.4, 0.5) is 0 Å². The van der Waals surface area contributed by atoms with Crippen LogP contribution >= 0.6 is 0 Å². The standard InChI is InChI=1S/C23H28N4O3/c1-2-3-15-30-21-10-6-5-9-18(21)19-16-20-23(29)26(13-14-27(20)24-19)17-22(28)25-11-7-4-8-12-25/h5-6,9-10,13-14,16H,2-4,7-8,11-12,15,17H2,1H3. The van der Waals surface area contributed by atoms with Gasteiger partial charge in [-0.05, 0) is 43.9 Å². The van der Waals surface area contributed by atoms with E-state index in [4.69, 9.17) is 4.74 Å². The van der Waals surface area contributed by atoms with Gasteiger partial charge in [0, 0.05) is 31.0 Å². The number of benzene rings is 1. The number of ether oxygens (including phenoxy) is 1. The molecule has 1 amide bonds. The fourth-order valence-electron chi connectivity index (χ4n) is 3.80. The number of fused-ring (bicyclic) bond motifs is 1. The van der Waals surface area contributed by atoms with Crippen LogP contribution in [0.3, 0.4) is 0 Å². The third-order valence-corrected chi connectivity index (χ3v) is 5.54. The lowest BCUT2D eigenvalue weighted by Gasteiger charge is -2.26. The van der Waals surface area contributed by atoms with Crippen LogP contribution in [0.5, 0.6) is 5.75 Å². The maximum Gasteiger partial charge on any atom is 0.277 e. The molecular formula is C23H28N4O3. The van der Waals surface area contributed by atoms with Crippen LogP contribution in [-0.2, 0) is 11.3 Å². The number of para-hydroxylation sites is 1. The zero-order valence-electron chi connectivity index (χ0n) is 17.4. The largest absolute Gasteiger partial charge is 0.493 e. The van der Waals surface area contributed by atoms with Crippen LogP contribution in [0.1, 0.15) is 39.0 Å². The zero-order valence-corrected chi connectivity index (χ0v) is 17.4. The third kappa shape index (κ3) is 4.25. The second-order valence-electron chi connectivity index (χ2n) is 7.73. The third-order valence-electron chi connectivity index (χ3n) is 5.54. The van der Waals surface area contributed by atoms with Crippen molar-refractivity contribution in [2.75, 3.05) is 19.7 Å². The van der Waals surface area contributed by atoms with Crippen molar-refractivity contribution in [3.63, 3.8) is 0 Å². The molecule has 3 heterocycles. The number of hydrogen-bond donors (Lipinski definition) is 0. The first kappa shape index (κ1) is 20.2. The molecule has 0 N–H and O–H groups in total. The Morgan fingerprint density at radius 2 is 1.93 bits per heavy atom. The van der Waals surface area contributed by atoms with Gasteiger partial charge in [0.25, 0.3) is 5.56 Å². The lowest BCUT2D eigenvalue weighted by Crippen LogP contribution is -2.39. The van der Waals surface area contributed by atoms with E-state index in [1.54, 1.807) is 23.0 Å². The summed E-state index contributed by atoms with van der Waals surface area (Å²) in [6, 6.07) is 9.50. The number of unbranched alkanes of at least 4 members (excludes halogenated alkanes) is 1. The normalized spacial score (nSPS) is 14.2. The molecule has 0 spiro atoms. The van der Waals surface area contributed by atoms with E-state index in [2.05, 4.69) is 12.0 Å². The predicted molar refractivity (Wildman–Crippen MR) is 116 cm³/mol. The molecule has 1 aliphatic rings. The number of amides is 1. The molecule has 0 atom stereocenters. The van der Waals surface area contributed by atoms with Crippen LogP contribution < -0.4 is 10.3 Å². The Bertz CT molecular complexity index is 1080. The van der Waals surface area contributed by atoms with E-state index >= 15 is 0 Å². The van der Waals surface area contributed by atoms with Crippen molar-refractivity contribution in [3.05, 3.63) is 53.1 Å². The molecule has 3 aromatic rings. The van der Waals surface area contributed by atoms with E-state index in [9.17, 15) is 9.59 Å². The second kappa shape index (κ2) is 9.15. The molecule has 7 heteroatoms. The first-order chi connectivity index (χ1) is 14.7. The Balaban J connectivity index is 1.60. The molecule has 158 valence electrons. The van der Waals surface area contributed by atoms with Gasteiger partial charge in [0.1, 0.15) is 17.8 Å². The number of carbonyl (C=O) groups is 1. The SMILES string of the molecule is CCCCOc1ccccc1-c1cc2c(=O)n(CC(=O)N3CCCCC3)ccn2n1. The highest BCUT2D eigenvalue weighted by Crippen LogP contribution is 2.29. The molecule has 0 aliphatic carbocycles. The molecule has 0 saturated carbocycles. The smallest absolute Gasteiger partial charge is 0.277 e. The Morgan fingerprint density at radius 1 is 1.13 bits per heavy atom. The Morgan fingerprint density at radius 3 is 2.73 bits per heavy atom. The first-order valence-corrected chi connectivity index (χ1v) is 10.8. The Kier molecular flexibility index (Phi) is 6.16. The highest BCUT2D eigenvalue weighted by molar-refractivity contribution is 5.76. The van der Waals surface area contributed by atoms with E-state index in [1.807, 2.05) is 29.2 Å². The number of likely N-dealkylation sites (tertiary alicyclic amines) is 1. The average Bonchev–Trinajstić information content (AvgIpc) is 3.22. The van der Waals surface area contributed by atoms with Crippen molar-refractivity contribution in [1.82, 2.24) is 19.1 Å². The average molecular weight is 409 g/mol. The highest BCUT2D eigenvalue weighted by Gasteiger charge is 2.18. The minimum absolute atomic E-state index is 0.00411. The lowest BCUT2D eigenvalue weighted by molar-refractivity contribution is -0.132. The van der Waals surface area contributed by atoms with Crippen molar-refractivity contribution in [1.29, 1.82) is 0 Å². The van der Waals surface area contributed by atoms with E-state index in [0.717, 1.165) is 56.5 Å². The van der Waals surface area contributed by atoms with Gasteiger partial charge in [0.2, 0.25) is 5.91 Å². The second-order valence-corrected chi connectivity index (χ2v) is 7.73. The fourth-order valence-corrected chi connectivity index (χ4v) is 3.80. The van der Waals surface area contributed by atoms with Gasteiger partial charge in [-0.2, -0.15) is 5.10 Å². The molecular weight excluding hydrogens is 380 g/mol. The molecule has 2 aromatic heterocycles. The van der Waals surface area contributed by atoms with Gasteiger partial charge >= 0.3 is 0 Å². The fraction of sp³-hybridized carbons (Fsp3) is 0.435. The summed E-state index contributed by atoms with van der Waals surface area (Å²) < 4.78 is 8.96. The number of nitrogens with zero attached hydrogens (tertiary/aromatic N) is 4. The molecule has 30 heavy (non-hydrogen) atoms. The zero-order chi connectivity index (χ0) is 20.9. The van der Waals surface area contributed by atoms with Crippen molar-refractivity contribution >= 4 is 11.4 Å².